The number of amides is 2. The lowest BCUT2D eigenvalue weighted by atomic mass is 10.0. The van der Waals surface area contributed by atoms with E-state index in [0.29, 0.717) is 11.7 Å². The number of para-hydroxylation sites is 1. The zero-order valence-corrected chi connectivity index (χ0v) is 16.9. The van der Waals surface area contributed by atoms with Crippen LogP contribution in [0.3, 0.4) is 0 Å². The number of pyridine rings is 1. The number of aromatic nitrogens is 1. The van der Waals surface area contributed by atoms with E-state index in [1.54, 1.807) is 0 Å². The lowest BCUT2D eigenvalue weighted by Crippen LogP contribution is -2.36. The van der Waals surface area contributed by atoms with Crippen LogP contribution in [0, 0.1) is 0 Å². The second-order valence-corrected chi connectivity index (χ2v) is 7.25. The molecule has 2 N–H and O–H groups in total. The summed E-state index contributed by atoms with van der Waals surface area (Å²) in [7, 11) is 1.29. The smallest absolute Gasteiger partial charge is 0.341 e. The topological polar surface area (TPSA) is 74.7 Å². The van der Waals surface area contributed by atoms with Crippen molar-refractivity contribution in [1.29, 1.82) is 0 Å². The Bertz CT molecular complexity index is 1210. The lowest BCUT2D eigenvalue weighted by Gasteiger charge is -2.17. The van der Waals surface area contributed by atoms with Gasteiger partial charge in [0.15, 0.2) is 0 Å². The highest BCUT2D eigenvalue weighted by Crippen LogP contribution is 2.25. The standard InChI is InChI=1S/C24H23N3O3/c1-16(25-24(28)27(2)29)18-7-8-20-14-22(12-10-19(20)13-18)30-15-21-11-9-17-5-3-4-6-23(17)26-21/h3-14,16,29H,15H2,1-2H3,(H,25,28)/t16-/m0/s1. The minimum atomic E-state index is -0.548. The first-order chi connectivity index (χ1) is 14.5. The summed E-state index contributed by atoms with van der Waals surface area (Å²) < 4.78 is 5.95. The maximum Gasteiger partial charge on any atom is 0.341 e. The van der Waals surface area contributed by atoms with E-state index in [1.807, 2.05) is 73.7 Å². The van der Waals surface area contributed by atoms with Gasteiger partial charge in [-0.1, -0.05) is 42.5 Å². The van der Waals surface area contributed by atoms with Crippen molar-refractivity contribution >= 4 is 27.7 Å². The minimum Gasteiger partial charge on any atom is -0.487 e. The first-order valence-corrected chi connectivity index (χ1v) is 9.74. The summed E-state index contributed by atoms with van der Waals surface area (Å²) >= 11 is 0. The van der Waals surface area contributed by atoms with Gasteiger partial charge in [-0.15, -0.1) is 0 Å². The van der Waals surface area contributed by atoms with Gasteiger partial charge in [-0.25, -0.2) is 14.8 Å². The number of urea groups is 1. The molecule has 0 saturated heterocycles. The van der Waals surface area contributed by atoms with Gasteiger partial charge in [0.25, 0.3) is 0 Å². The van der Waals surface area contributed by atoms with Crippen LogP contribution in [0.15, 0.2) is 72.8 Å². The molecule has 4 aromatic rings. The summed E-state index contributed by atoms with van der Waals surface area (Å²) in [6.07, 6.45) is 0. The molecular formula is C24H23N3O3. The molecule has 0 aliphatic rings. The lowest BCUT2D eigenvalue weighted by molar-refractivity contribution is -0.0192. The number of nitrogens with zero attached hydrogens (tertiary/aromatic N) is 2. The maximum absolute atomic E-state index is 11.6. The second-order valence-electron chi connectivity index (χ2n) is 7.25. The van der Waals surface area contributed by atoms with Crippen molar-refractivity contribution in [2.45, 2.75) is 19.6 Å². The van der Waals surface area contributed by atoms with Gasteiger partial charge in [0.1, 0.15) is 12.4 Å². The molecule has 2 amide bonds. The van der Waals surface area contributed by atoms with Crippen LogP contribution in [0.25, 0.3) is 21.7 Å². The number of rotatable bonds is 5. The summed E-state index contributed by atoms with van der Waals surface area (Å²) in [5.74, 6) is 0.772. The molecule has 0 radical (unpaired) electrons. The van der Waals surface area contributed by atoms with Gasteiger partial charge in [-0.3, -0.25) is 5.21 Å². The van der Waals surface area contributed by atoms with Crippen LogP contribution < -0.4 is 10.1 Å². The molecule has 4 rings (SSSR count). The van der Waals surface area contributed by atoms with E-state index < -0.39 is 6.03 Å². The minimum absolute atomic E-state index is 0.230. The number of carbonyl (C=O) groups is 1. The summed E-state index contributed by atoms with van der Waals surface area (Å²) in [4.78, 5) is 16.3. The number of nitrogens with one attached hydrogen (secondary N) is 1. The fraction of sp³-hybridized carbons (Fsp3) is 0.167. The quantitative estimate of drug-likeness (QED) is 0.362. The Hall–Kier alpha value is -3.64. The van der Waals surface area contributed by atoms with Crippen LogP contribution in [0.4, 0.5) is 4.79 Å². The summed E-state index contributed by atoms with van der Waals surface area (Å²) in [5, 5.41) is 15.7. The Labute approximate surface area is 174 Å². The monoisotopic (exact) mass is 401 g/mol. The first kappa shape index (κ1) is 19.7. The van der Waals surface area contributed by atoms with Crippen molar-refractivity contribution in [1.82, 2.24) is 15.4 Å². The normalized spacial score (nSPS) is 12.0. The number of fused-ring (bicyclic) bond motifs is 2. The maximum atomic E-state index is 11.6. The van der Waals surface area contributed by atoms with E-state index in [-0.39, 0.29) is 6.04 Å². The second kappa shape index (κ2) is 8.39. The molecule has 0 spiro atoms. The van der Waals surface area contributed by atoms with E-state index in [4.69, 9.17) is 4.74 Å². The van der Waals surface area contributed by atoms with Crippen molar-refractivity contribution < 1.29 is 14.7 Å². The van der Waals surface area contributed by atoms with Crippen LogP contribution in [0.5, 0.6) is 5.75 Å². The Morgan fingerprint density at radius 2 is 1.77 bits per heavy atom. The third kappa shape index (κ3) is 4.34. The Kier molecular flexibility index (Phi) is 5.50. The molecule has 6 heteroatoms. The average Bonchev–Trinajstić information content (AvgIpc) is 2.76. The number of hydrogen-bond acceptors (Lipinski definition) is 4. The highest BCUT2D eigenvalue weighted by Gasteiger charge is 2.12. The van der Waals surface area contributed by atoms with Crippen LogP contribution in [0.2, 0.25) is 0 Å². The van der Waals surface area contributed by atoms with Crippen LogP contribution in [0.1, 0.15) is 24.2 Å². The predicted octanol–water partition coefficient (Wildman–Crippen LogP) is 5.06. The molecule has 6 nitrogen and oxygen atoms in total. The Morgan fingerprint density at radius 3 is 2.60 bits per heavy atom. The molecule has 0 aliphatic heterocycles. The van der Waals surface area contributed by atoms with Gasteiger partial charge in [0, 0.05) is 12.4 Å². The largest absolute Gasteiger partial charge is 0.487 e. The number of hydrogen-bond donors (Lipinski definition) is 2. The Morgan fingerprint density at radius 1 is 1.03 bits per heavy atom. The SMILES string of the molecule is C[C@H](NC(=O)N(C)O)c1ccc2cc(OCc3ccc4ccccc4n3)ccc2c1. The third-order valence-corrected chi connectivity index (χ3v) is 5.01. The van der Waals surface area contributed by atoms with Crippen molar-refractivity contribution in [3.05, 3.63) is 84.1 Å². The van der Waals surface area contributed by atoms with Crippen molar-refractivity contribution in [3.63, 3.8) is 0 Å². The van der Waals surface area contributed by atoms with Gasteiger partial charge < -0.3 is 10.1 Å². The van der Waals surface area contributed by atoms with Crippen molar-refractivity contribution in [3.8, 4) is 5.75 Å². The fourth-order valence-electron chi connectivity index (χ4n) is 3.31. The molecule has 0 unspecified atom stereocenters. The molecule has 0 aliphatic carbocycles. The number of hydroxylamine groups is 2. The number of carbonyl (C=O) groups excluding carboxylic acids is 1. The molecule has 3 aromatic carbocycles. The van der Waals surface area contributed by atoms with Crippen molar-refractivity contribution in [2.75, 3.05) is 7.05 Å². The molecule has 0 bridgehead atoms. The van der Waals surface area contributed by atoms with Gasteiger partial charge in [-0.2, -0.15) is 0 Å². The molecule has 0 saturated carbocycles. The van der Waals surface area contributed by atoms with Crippen LogP contribution >= 0.6 is 0 Å². The zero-order valence-electron chi connectivity index (χ0n) is 16.9. The van der Waals surface area contributed by atoms with E-state index in [0.717, 1.165) is 38.7 Å². The summed E-state index contributed by atoms with van der Waals surface area (Å²) in [5.41, 5.74) is 2.78. The highest BCUT2D eigenvalue weighted by atomic mass is 16.5. The molecule has 1 heterocycles. The van der Waals surface area contributed by atoms with Gasteiger partial charge in [-0.05, 0) is 53.6 Å². The van der Waals surface area contributed by atoms with Gasteiger partial charge >= 0.3 is 6.03 Å². The van der Waals surface area contributed by atoms with E-state index in [1.165, 1.54) is 7.05 Å². The third-order valence-electron chi connectivity index (χ3n) is 5.01. The predicted molar refractivity (Wildman–Crippen MR) is 117 cm³/mol. The van der Waals surface area contributed by atoms with E-state index in [2.05, 4.69) is 16.4 Å². The van der Waals surface area contributed by atoms with E-state index >= 15 is 0 Å². The van der Waals surface area contributed by atoms with Gasteiger partial charge in [0.05, 0.1) is 17.3 Å². The summed E-state index contributed by atoms with van der Waals surface area (Å²) in [6.45, 7) is 2.27. The van der Waals surface area contributed by atoms with E-state index in [9.17, 15) is 10.0 Å². The molecule has 152 valence electrons. The van der Waals surface area contributed by atoms with Gasteiger partial charge in [0.2, 0.25) is 0 Å². The number of benzene rings is 3. The van der Waals surface area contributed by atoms with Crippen molar-refractivity contribution in [2.24, 2.45) is 0 Å². The summed E-state index contributed by atoms with van der Waals surface area (Å²) in [6, 6.07) is 23.2. The average molecular weight is 401 g/mol. The molecule has 0 fully saturated rings. The molecule has 1 aromatic heterocycles. The number of ether oxygens (including phenoxy) is 1. The Balaban J connectivity index is 1.47. The highest BCUT2D eigenvalue weighted by molar-refractivity contribution is 5.85. The molecular weight excluding hydrogens is 378 g/mol. The molecule has 30 heavy (non-hydrogen) atoms. The molecule has 1 atom stereocenters. The first-order valence-electron chi connectivity index (χ1n) is 9.74. The fourth-order valence-corrected chi connectivity index (χ4v) is 3.31. The zero-order chi connectivity index (χ0) is 21.1. The van der Waals surface area contributed by atoms with Crippen LogP contribution in [-0.4, -0.2) is 28.3 Å². The van der Waals surface area contributed by atoms with Crippen LogP contribution in [-0.2, 0) is 6.61 Å².